The zero-order valence-electron chi connectivity index (χ0n) is 16.1. The molecule has 1 aromatic carbocycles. The van der Waals surface area contributed by atoms with Gasteiger partial charge in [0.15, 0.2) is 0 Å². The Morgan fingerprint density at radius 1 is 1.10 bits per heavy atom. The lowest BCUT2D eigenvalue weighted by molar-refractivity contribution is 0.0699. The van der Waals surface area contributed by atoms with E-state index in [2.05, 4.69) is 25.3 Å². The smallest absolute Gasteiger partial charge is 0.338 e. The van der Waals surface area contributed by atoms with E-state index in [-0.39, 0.29) is 11.1 Å². The Hall–Kier alpha value is -4.54. The maximum Gasteiger partial charge on any atom is 0.338 e. The molecule has 11 heteroatoms. The summed E-state index contributed by atoms with van der Waals surface area (Å²) in [6.07, 6.45) is 2.93. The molecule has 31 heavy (non-hydrogen) atoms. The van der Waals surface area contributed by atoms with Gasteiger partial charge in [-0.05, 0) is 12.1 Å². The molecule has 4 aromatic rings. The number of aromatic amines is 3. The second-order valence-electron chi connectivity index (χ2n) is 6.59. The number of rotatable bonds is 5. The molecule has 0 spiro atoms. The fraction of sp³-hybridized carbons (Fsp3) is 0.100. The van der Waals surface area contributed by atoms with Crippen LogP contribution in [0.5, 0.6) is 0 Å². The van der Waals surface area contributed by atoms with E-state index in [1.54, 1.807) is 24.3 Å². The monoisotopic (exact) mass is 420 g/mol. The summed E-state index contributed by atoms with van der Waals surface area (Å²) in [5.74, 6) is -1.32. The van der Waals surface area contributed by atoms with Crippen LogP contribution in [-0.2, 0) is 6.42 Å². The molecule has 4 rings (SSSR count). The number of anilines is 1. The van der Waals surface area contributed by atoms with Crippen LogP contribution in [0.1, 0.15) is 33.5 Å². The summed E-state index contributed by atoms with van der Waals surface area (Å²) in [4.78, 5) is 63.0. The third kappa shape index (κ3) is 3.71. The first-order valence-electron chi connectivity index (χ1n) is 9.22. The normalized spacial score (nSPS) is 10.9. The number of carboxylic acids is 1. The number of aromatic carboxylic acids is 1. The van der Waals surface area contributed by atoms with E-state index in [1.165, 1.54) is 6.20 Å². The molecule has 3 heterocycles. The maximum atomic E-state index is 12.4. The van der Waals surface area contributed by atoms with Gasteiger partial charge in [-0.25, -0.2) is 19.6 Å². The topological polar surface area (TPSA) is 174 Å². The summed E-state index contributed by atoms with van der Waals surface area (Å²) in [5, 5.41) is 12.5. The lowest BCUT2D eigenvalue weighted by Gasteiger charge is -2.09. The van der Waals surface area contributed by atoms with Crippen LogP contribution in [-0.4, -0.2) is 41.9 Å². The minimum atomic E-state index is -1.12. The van der Waals surface area contributed by atoms with Gasteiger partial charge in [0.25, 0.3) is 11.5 Å². The predicted octanol–water partition coefficient (Wildman–Crippen LogP) is 1.51. The van der Waals surface area contributed by atoms with Crippen LogP contribution in [0.4, 0.5) is 5.69 Å². The van der Waals surface area contributed by atoms with Crippen molar-refractivity contribution in [2.75, 3.05) is 5.32 Å². The highest BCUT2D eigenvalue weighted by molar-refractivity contribution is 6.08. The largest absolute Gasteiger partial charge is 0.478 e. The van der Waals surface area contributed by atoms with Crippen LogP contribution in [0, 0.1) is 0 Å². The Morgan fingerprint density at radius 2 is 1.87 bits per heavy atom. The van der Waals surface area contributed by atoms with Gasteiger partial charge in [-0.2, -0.15) is 0 Å². The number of nitrogens with one attached hydrogen (secondary N) is 4. The average molecular weight is 420 g/mol. The summed E-state index contributed by atoms with van der Waals surface area (Å²) in [5.41, 5.74) is -0.0669. The van der Waals surface area contributed by atoms with Crippen molar-refractivity contribution in [1.82, 2.24) is 24.9 Å². The maximum absolute atomic E-state index is 12.4. The molecule has 0 fully saturated rings. The number of aryl methyl sites for hydroxylation is 1. The number of benzene rings is 1. The second kappa shape index (κ2) is 7.71. The number of carboxylic acid groups (broad SMARTS) is 1. The molecular formula is C20H16N6O5. The highest BCUT2D eigenvalue weighted by Gasteiger charge is 2.19. The van der Waals surface area contributed by atoms with Crippen molar-refractivity contribution in [3.05, 3.63) is 74.4 Å². The molecule has 0 atom stereocenters. The zero-order chi connectivity index (χ0) is 22.1. The van der Waals surface area contributed by atoms with Crippen LogP contribution in [0.25, 0.3) is 22.3 Å². The van der Waals surface area contributed by atoms with Crippen molar-refractivity contribution in [1.29, 1.82) is 0 Å². The molecule has 0 saturated heterocycles. The number of H-pyrrole nitrogens is 3. The Labute approximate surface area is 173 Å². The van der Waals surface area contributed by atoms with E-state index in [0.29, 0.717) is 40.2 Å². The van der Waals surface area contributed by atoms with Gasteiger partial charge in [0.1, 0.15) is 17.0 Å². The van der Waals surface area contributed by atoms with Crippen molar-refractivity contribution >= 4 is 28.6 Å². The van der Waals surface area contributed by atoms with Crippen LogP contribution in [0.3, 0.4) is 0 Å². The van der Waals surface area contributed by atoms with Gasteiger partial charge >= 0.3 is 11.7 Å². The zero-order valence-corrected chi connectivity index (χ0v) is 16.1. The molecule has 5 N–H and O–H groups in total. The number of amides is 1. The average Bonchev–Trinajstić information content (AvgIpc) is 3.17. The lowest BCUT2D eigenvalue weighted by Crippen LogP contribution is -2.29. The number of aromatic nitrogens is 5. The van der Waals surface area contributed by atoms with E-state index in [4.69, 9.17) is 0 Å². The SMILES string of the molecule is CCc1nc(-c2cccc(NC(=O)c3c[nH]c(=O)[nH]c3=O)c2)c2c(C(=O)O)c[nH]c2n1. The highest BCUT2D eigenvalue weighted by atomic mass is 16.4. The number of hydrogen-bond donors (Lipinski definition) is 5. The molecule has 0 aliphatic rings. The third-order valence-corrected chi connectivity index (χ3v) is 4.58. The molecule has 0 unspecified atom stereocenters. The van der Waals surface area contributed by atoms with E-state index in [0.717, 1.165) is 6.20 Å². The van der Waals surface area contributed by atoms with Crippen LogP contribution >= 0.6 is 0 Å². The predicted molar refractivity (Wildman–Crippen MR) is 111 cm³/mol. The van der Waals surface area contributed by atoms with Crippen LogP contribution < -0.4 is 16.6 Å². The van der Waals surface area contributed by atoms with Gasteiger partial charge in [-0.15, -0.1) is 0 Å². The van der Waals surface area contributed by atoms with Crippen LogP contribution in [0.15, 0.2) is 46.2 Å². The second-order valence-corrected chi connectivity index (χ2v) is 6.59. The third-order valence-electron chi connectivity index (χ3n) is 4.58. The molecule has 0 radical (unpaired) electrons. The number of hydrogen-bond acceptors (Lipinski definition) is 6. The molecule has 0 bridgehead atoms. The summed E-state index contributed by atoms with van der Waals surface area (Å²) in [7, 11) is 0. The van der Waals surface area contributed by atoms with Gasteiger partial charge in [-0.3, -0.25) is 14.6 Å². The minimum absolute atomic E-state index is 0.0295. The highest BCUT2D eigenvalue weighted by Crippen LogP contribution is 2.30. The van der Waals surface area contributed by atoms with Crippen LogP contribution in [0.2, 0.25) is 0 Å². The van der Waals surface area contributed by atoms with Gasteiger partial charge in [0.05, 0.1) is 16.6 Å². The molecule has 3 aromatic heterocycles. The number of nitrogens with zero attached hydrogens (tertiary/aromatic N) is 2. The molecule has 1 amide bonds. The molecule has 0 aliphatic carbocycles. The first-order chi connectivity index (χ1) is 14.9. The molecule has 11 nitrogen and oxygen atoms in total. The van der Waals surface area contributed by atoms with Gasteiger partial charge in [0, 0.05) is 30.1 Å². The minimum Gasteiger partial charge on any atom is -0.478 e. The first-order valence-corrected chi connectivity index (χ1v) is 9.22. The fourth-order valence-electron chi connectivity index (χ4n) is 3.14. The van der Waals surface area contributed by atoms with E-state index in [1.807, 2.05) is 11.9 Å². The first kappa shape index (κ1) is 19.8. The fourth-order valence-corrected chi connectivity index (χ4v) is 3.14. The summed E-state index contributed by atoms with van der Waals surface area (Å²) >= 11 is 0. The Kier molecular flexibility index (Phi) is 4.91. The molecule has 0 saturated carbocycles. The van der Waals surface area contributed by atoms with Gasteiger partial charge in [0.2, 0.25) is 0 Å². The summed E-state index contributed by atoms with van der Waals surface area (Å²) < 4.78 is 0. The Morgan fingerprint density at radius 3 is 2.58 bits per heavy atom. The van der Waals surface area contributed by atoms with Crippen molar-refractivity contribution in [3.63, 3.8) is 0 Å². The number of fused-ring (bicyclic) bond motifs is 1. The number of carbonyl (C=O) groups is 2. The Balaban J connectivity index is 1.78. The molecule has 156 valence electrons. The molecule has 0 aliphatic heterocycles. The van der Waals surface area contributed by atoms with Crippen molar-refractivity contribution in [2.45, 2.75) is 13.3 Å². The number of carbonyl (C=O) groups excluding carboxylic acids is 1. The quantitative estimate of drug-likeness (QED) is 0.325. The lowest BCUT2D eigenvalue weighted by atomic mass is 10.1. The molecular weight excluding hydrogens is 404 g/mol. The summed E-state index contributed by atoms with van der Waals surface area (Å²) in [6, 6.07) is 6.60. The standard InChI is InChI=1S/C20H16N6O5/c1-2-13-24-15(14-11(19(29)30)7-21-16(14)25-13)9-4-3-5-10(6-9)23-17(27)12-8-22-20(31)26-18(12)28/h3-8H,2H2,1H3,(H,23,27)(H,29,30)(H,21,24,25)(H2,22,26,28,31). The van der Waals surface area contributed by atoms with E-state index < -0.39 is 23.1 Å². The summed E-state index contributed by atoms with van der Waals surface area (Å²) in [6.45, 7) is 1.88. The Bertz CT molecular complexity index is 1450. The van der Waals surface area contributed by atoms with Crippen molar-refractivity contribution < 1.29 is 14.7 Å². The van der Waals surface area contributed by atoms with E-state index >= 15 is 0 Å². The van der Waals surface area contributed by atoms with E-state index in [9.17, 15) is 24.3 Å². The van der Waals surface area contributed by atoms with Gasteiger partial charge in [-0.1, -0.05) is 19.1 Å². The van der Waals surface area contributed by atoms with Crippen molar-refractivity contribution in [3.8, 4) is 11.3 Å². The van der Waals surface area contributed by atoms with Crippen molar-refractivity contribution in [2.24, 2.45) is 0 Å². The van der Waals surface area contributed by atoms with Gasteiger partial charge < -0.3 is 20.4 Å².